The average molecular weight is 364 g/mol. The van der Waals surface area contributed by atoms with E-state index < -0.39 is 37.3 Å². The van der Waals surface area contributed by atoms with E-state index in [2.05, 4.69) is 0 Å². The van der Waals surface area contributed by atoms with Gasteiger partial charge in [0, 0.05) is 17.8 Å². The second kappa shape index (κ2) is 6.84. The Labute approximate surface area is 134 Å². The van der Waals surface area contributed by atoms with Crippen LogP contribution in [0.15, 0.2) is 53.4 Å². The largest absolute Gasteiger partial charge is 0.416 e. The van der Waals surface area contributed by atoms with E-state index in [9.17, 15) is 31.7 Å². The highest BCUT2D eigenvalue weighted by Crippen LogP contribution is 2.31. The van der Waals surface area contributed by atoms with Crippen molar-refractivity contribution in [2.75, 3.05) is 4.72 Å². The van der Waals surface area contributed by atoms with E-state index in [4.69, 9.17) is 0 Å². The molecule has 2 aromatic rings. The number of hydrogen-bond acceptors (Lipinski definition) is 4. The van der Waals surface area contributed by atoms with E-state index in [-0.39, 0.29) is 11.2 Å². The van der Waals surface area contributed by atoms with Gasteiger partial charge < -0.3 is 5.48 Å². The molecule has 11 heteroatoms. The van der Waals surface area contributed by atoms with Crippen LogP contribution in [0.3, 0.4) is 0 Å². The van der Waals surface area contributed by atoms with Gasteiger partial charge in [0.15, 0.2) is 0 Å². The molecule has 7 nitrogen and oxygen atoms in total. The molecular formula is C13H11F3N2O5S. The Morgan fingerprint density at radius 1 is 1.04 bits per heavy atom. The third-order valence-electron chi connectivity index (χ3n) is 2.78. The van der Waals surface area contributed by atoms with Gasteiger partial charge in [-0.25, -0.2) is 8.42 Å². The lowest BCUT2D eigenvalue weighted by Gasteiger charge is -2.11. The van der Waals surface area contributed by atoms with Gasteiger partial charge in [0.25, 0.3) is 15.7 Å². The third-order valence-corrected chi connectivity index (χ3v) is 4.16. The maximum Gasteiger partial charge on any atom is 0.416 e. The third kappa shape index (κ3) is 4.43. The molecule has 0 amide bonds. The monoisotopic (exact) mass is 364 g/mol. The molecule has 3 N–H and O–H groups in total. The van der Waals surface area contributed by atoms with E-state index in [0.29, 0.717) is 6.07 Å². The molecule has 0 fully saturated rings. The number of benzene rings is 2. The molecule has 0 heterocycles. The number of non-ortho nitro benzene ring substituents is 1. The molecule has 0 aliphatic carbocycles. The quantitative estimate of drug-likeness (QED) is 0.662. The summed E-state index contributed by atoms with van der Waals surface area (Å²) in [6, 6.07) is 7.80. The van der Waals surface area contributed by atoms with Crippen molar-refractivity contribution in [1.82, 2.24) is 0 Å². The van der Waals surface area contributed by atoms with Crippen molar-refractivity contribution in [3.63, 3.8) is 0 Å². The minimum Gasteiger partial charge on any atom is -0.412 e. The fourth-order valence-corrected chi connectivity index (χ4v) is 2.83. The minimum absolute atomic E-state index is 0. The van der Waals surface area contributed by atoms with Gasteiger partial charge in [-0.2, -0.15) is 13.2 Å². The SMILES string of the molecule is O.O=[N+]([O-])c1cccc(S(=O)(=O)Nc2cccc(C(F)(F)F)c2)c1. The molecule has 0 atom stereocenters. The second-order valence-corrected chi connectivity index (χ2v) is 6.12. The van der Waals surface area contributed by atoms with Crippen molar-refractivity contribution >= 4 is 21.4 Å². The Bertz CT molecular complexity index is 853. The van der Waals surface area contributed by atoms with Gasteiger partial charge in [0.05, 0.1) is 15.4 Å². The molecule has 0 spiro atoms. The van der Waals surface area contributed by atoms with Crippen molar-refractivity contribution in [3.8, 4) is 0 Å². The van der Waals surface area contributed by atoms with Crippen LogP contribution in [0.4, 0.5) is 24.5 Å². The van der Waals surface area contributed by atoms with Crippen molar-refractivity contribution in [1.29, 1.82) is 0 Å². The molecule has 0 aliphatic rings. The molecule has 0 aromatic heterocycles. The first-order valence-electron chi connectivity index (χ1n) is 6.04. The van der Waals surface area contributed by atoms with Crippen molar-refractivity contribution in [2.45, 2.75) is 11.1 Å². The number of rotatable bonds is 4. The van der Waals surface area contributed by atoms with Gasteiger partial charge >= 0.3 is 6.18 Å². The Morgan fingerprint density at radius 3 is 2.25 bits per heavy atom. The van der Waals surface area contributed by atoms with Gasteiger partial charge in [-0.05, 0) is 24.3 Å². The zero-order valence-corrected chi connectivity index (χ0v) is 12.6. The van der Waals surface area contributed by atoms with Crippen LogP contribution in [-0.2, 0) is 16.2 Å². The topological polar surface area (TPSA) is 121 Å². The first kappa shape index (κ1) is 19.4. The first-order valence-corrected chi connectivity index (χ1v) is 7.52. The van der Waals surface area contributed by atoms with Crippen molar-refractivity contribution in [2.24, 2.45) is 0 Å². The predicted octanol–water partition coefficient (Wildman–Crippen LogP) is 2.59. The van der Waals surface area contributed by atoms with Crippen LogP contribution in [0.1, 0.15) is 5.56 Å². The van der Waals surface area contributed by atoms with Crippen molar-refractivity contribution < 1.29 is 32.0 Å². The molecule has 0 bridgehead atoms. The van der Waals surface area contributed by atoms with Crippen LogP contribution in [0, 0.1) is 10.1 Å². The smallest absolute Gasteiger partial charge is 0.412 e. The maximum atomic E-state index is 12.6. The minimum atomic E-state index is -4.62. The van der Waals surface area contributed by atoms with Gasteiger partial charge in [-0.1, -0.05) is 12.1 Å². The molecule has 2 aromatic carbocycles. The highest BCUT2D eigenvalue weighted by atomic mass is 32.2. The molecule has 24 heavy (non-hydrogen) atoms. The Morgan fingerprint density at radius 2 is 1.67 bits per heavy atom. The van der Waals surface area contributed by atoms with Crippen molar-refractivity contribution in [3.05, 3.63) is 64.2 Å². The van der Waals surface area contributed by atoms with Gasteiger partial charge in [-0.3, -0.25) is 14.8 Å². The summed E-state index contributed by atoms with van der Waals surface area (Å²) in [5, 5.41) is 10.7. The lowest BCUT2D eigenvalue weighted by molar-refractivity contribution is -0.385. The molecule has 0 saturated carbocycles. The lowest BCUT2D eigenvalue weighted by Crippen LogP contribution is -2.14. The molecule has 2 rings (SSSR count). The number of nitrogens with one attached hydrogen (secondary N) is 1. The fourth-order valence-electron chi connectivity index (χ4n) is 1.74. The summed E-state index contributed by atoms with van der Waals surface area (Å²) in [4.78, 5) is 9.46. The molecular weight excluding hydrogens is 353 g/mol. The van der Waals surface area contributed by atoms with E-state index in [1.54, 1.807) is 0 Å². The number of nitrogens with zero attached hydrogens (tertiary/aromatic N) is 1. The van der Waals surface area contributed by atoms with Crippen LogP contribution in [0.25, 0.3) is 0 Å². The average Bonchev–Trinajstić information content (AvgIpc) is 2.46. The van der Waals surface area contributed by atoms with Crippen LogP contribution >= 0.6 is 0 Å². The summed E-state index contributed by atoms with van der Waals surface area (Å²) >= 11 is 0. The summed E-state index contributed by atoms with van der Waals surface area (Å²) < 4.78 is 64.0. The van der Waals surface area contributed by atoms with Gasteiger partial charge in [-0.15, -0.1) is 0 Å². The number of nitro benzene ring substituents is 1. The number of nitro groups is 1. The zero-order chi connectivity index (χ0) is 17.3. The molecule has 130 valence electrons. The fraction of sp³-hybridized carbons (Fsp3) is 0.0769. The number of anilines is 1. The van der Waals surface area contributed by atoms with E-state index in [1.165, 1.54) is 6.07 Å². The normalized spacial score (nSPS) is 11.5. The lowest BCUT2D eigenvalue weighted by atomic mass is 10.2. The van der Waals surface area contributed by atoms with Crippen LogP contribution in [-0.4, -0.2) is 18.8 Å². The highest BCUT2D eigenvalue weighted by molar-refractivity contribution is 7.92. The maximum absolute atomic E-state index is 12.6. The first-order chi connectivity index (χ1) is 10.6. The number of sulfonamides is 1. The number of alkyl halides is 3. The summed E-state index contributed by atoms with van der Waals surface area (Å²) in [6.07, 6.45) is -4.62. The van der Waals surface area contributed by atoms with Gasteiger partial charge in [0.2, 0.25) is 0 Å². The van der Waals surface area contributed by atoms with Crippen LogP contribution in [0.2, 0.25) is 0 Å². The Balaban J connectivity index is 0.00000288. The van der Waals surface area contributed by atoms with Crippen LogP contribution < -0.4 is 4.72 Å². The summed E-state index contributed by atoms with van der Waals surface area (Å²) in [7, 11) is -4.25. The van der Waals surface area contributed by atoms with E-state index >= 15 is 0 Å². The van der Waals surface area contributed by atoms with Crippen LogP contribution in [0.5, 0.6) is 0 Å². The standard InChI is InChI=1S/C13H9F3N2O4S.H2O/c14-13(15,16)9-3-1-4-10(7-9)17-23(21,22)12-6-2-5-11(8-12)18(19)20;/h1-8,17H;1H2. The van der Waals surface area contributed by atoms with E-state index in [1.807, 2.05) is 4.72 Å². The summed E-state index contributed by atoms with van der Waals surface area (Å²) in [6.45, 7) is 0. The van der Waals surface area contributed by atoms with E-state index in [0.717, 1.165) is 36.4 Å². The Kier molecular flexibility index (Phi) is 5.53. The van der Waals surface area contributed by atoms with Gasteiger partial charge in [0.1, 0.15) is 0 Å². The summed E-state index contributed by atoms with van der Waals surface area (Å²) in [5.41, 5.74) is -1.76. The second-order valence-electron chi connectivity index (χ2n) is 4.44. The molecule has 0 unspecified atom stereocenters. The summed E-state index contributed by atoms with van der Waals surface area (Å²) in [5.74, 6) is 0. The number of hydrogen-bond donors (Lipinski definition) is 1. The predicted molar refractivity (Wildman–Crippen MR) is 79.0 cm³/mol. The molecule has 0 aliphatic heterocycles. The highest BCUT2D eigenvalue weighted by Gasteiger charge is 2.30. The number of halogens is 3. The zero-order valence-electron chi connectivity index (χ0n) is 11.7. The Hall–Kier alpha value is -2.66. The molecule has 0 saturated heterocycles. The molecule has 0 radical (unpaired) electrons.